The largest absolute Gasteiger partial charge is 0.493 e. The molecule has 0 fully saturated rings. The van der Waals surface area contributed by atoms with E-state index in [1.54, 1.807) is 6.07 Å². The summed E-state index contributed by atoms with van der Waals surface area (Å²) in [4.78, 5) is 12.8. The highest BCUT2D eigenvalue weighted by molar-refractivity contribution is 5.86. The Labute approximate surface area is 225 Å². The molecule has 1 aromatic heterocycles. The molecule has 0 radical (unpaired) electrons. The van der Waals surface area contributed by atoms with Gasteiger partial charge in [0.25, 0.3) is 0 Å². The normalized spacial score (nSPS) is 11.4. The van der Waals surface area contributed by atoms with Crippen LogP contribution in [0.5, 0.6) is 17.2 Å². The predicted octanol–water partition coefficient (Wildman–Crippen LogP) is 9.62. The Bertz CT molecular complexity index is 917. The third kappa shape index (κ3) is 12.3. The Morgan fingerprint density at radius 2 is 1.19 bits per heavy atom. The number of benzene rings is 1. The zero-order valence-electron chi connectivity index (χ0n) is 24.1. The lowest BCUT2D eigenvalue weighted by Gasteiger charge is -2.16. The lowest BCUT2D eigenvalue weighted by molar-refractivity contribution is 0.216. The van der Waals surface area contributed by atoms with Crippen LogP contribution in [0.25, 0.3) is 11.0 Å². The molecule has 0 N–H and O–H groups in total. The summed E-state index contributed by atoms with van der Waals surface area (Å²) in [6.45, 7) is 9.54. The van der Waals surface area contributed by atoms with E-state index in [2.05, 4.69) is 13.8 Å². The molecular weight excluding hydrogens is 464 g/mol. The number of hydrogen-bond acceptors (Lipinski definition) is 5. The van der Waals surface area contributed by atoms with Gasteiger partial charge in [0.2, 0.25) is 5.75 Å². The van der Waals surface area contributed by atoms with E-state index in [9.17, 15) is 4.79 Å². The summed E-state index contributed by atoms with van der Waals surface area (Å²) in [5.74, 6) is 1.36. The zero-order valence-corrected chi connectivity index (χ0v) is 24.1. The number of hydrogen-bond donors (Lipinski definition) is 0. The summed E-state index contributed by atoms with van der Waals surface area (Å²) >= 11 is 0. The molecular formula is C32H52O5. The fraction of sp³-hybridized carbons (Fsp3) is 0.719. The van der Waals surface area contributed by atoms with Gasteiger partial charge in [0, 0.05) is 6.07 Å². The van der Waals surface area contributed by atoms with Crippen molar-refractivity contribution in [1.82, 2.24) is 0 Å². The summed E-state index contributed by atoms with van der Waals surface area (Å²) in [7, 11) is 0. The fourth-order valence-corrected chi connectivity index (χ4v) is 4.54. The molecule has 0 saturated heterocycles. The maximum absolute atomic E-state index is 12.8. The molecule has 0 bridgehead atoms. The number of unbranched alkanes of at least 4 members (excludes halogenated alkanes) is 14. The smallest absolute Gasteiger partial charge is 0.383 e. The second kappa shape index (κ2) is 19.0. The Morgan fingerprint density at radius 3 is 1.73 bits per heavy atom. The van der Waals surface area contributed by atoms with Crippen molar-refractivity contribution in [2.45, 2.75) is 137 Å². The second-order valence-corrected chi connectivity index (χ2v) is 10.5. The molecule has 0 aliphatic carbocycles. The highest BCUT2D eigenvalue weighted by atomic mass is 16.5. The van der Waals surface area contributed by atoms with Crippen molar-refractivity contribution >= 4 is 11.0 Å². The molecule has 0 atom stereocenters. The van der Waals surface area contributed by atoms with Crippen LogP contribution in [0.15, 0.2) is 27.4 Å². The number of ether oxygens (including phenoxy) is 3. The third-order valence-corrected chi connectivity index (χ3v) is 6.66. The van der Waals surface area contributed by atoms with Crippen LogP contribution in [-0.2, 0) is 0 Å². The van der Waals surface area contributed by atoms with Crippen LogP contribution in [0.1, 0.15) is 130 Å². The van der Waals surface area contributed by atoms with Gasteiger partial charge in [-0.05, 0) is 38.8 Å². The van der Waals surface area contributed by atoms with Gasteiger partial charge < -0.3 is 18.6 Å². The number of fused-ring (bicyclic) bond motifs is 1. The van der Waals surface area contributed by atoms with Crippen LogP contribution in [-0.4, -0.2) is 19.3 Å². The summed E-state index contributed by atoms with van der Waals surface area (Å²) in [5, 5.41) is 0.735. The van der Waals surface area contributed by atoms with Crippen molar-refractivity contribution in [3.05, 3.63) is 28.6 Å². The quantitative estimate of drug-likeness (QED) is 0.115. The molecule has 0 aliphatic rings. The van der Waals surface area contributed by atoms with Gasteiger partial charge in [0.1, 0.15) is 11.3 Å². The molecule has 0 amide bonds. The van der Waals surface area contributed by atoms with Gasteiger partial charge in [-0.15, -0.1) is 0 Å². The van der Waals surface area contributed by atoms with Gasteiger partial charge in [0.05, 0.1) is 24.7 Å². The highest BCUT2D eigenvalue weighted by Gasteiger charge is 2.19. The van der Waals surface area contributed by atoms with Crippen LogP contribution in [0.3, 0.4) is 0 Å². The average Bonchev–Trinajstić information content (AvgIpc) is 2.87. The van der Waals surface area contributed by atoms with Gasteiger partial charge in [-0.3, -0.25) is 0 Å². The molecule has 5 nitrogen and oxygen atoms in total. The first kappa shape index (κ1) is 31.1. The van der Waals surface area contributed by atoms with E-state index in [0.29, 0.717) is 30.3 Å². The fourth-order valence-electron chi connectivity index (χ4n) is 4.54. The van der Waals surface area contributed by atoms with E-state index in [0.717, 1.165) is 24.6 Å². The third-order valence-electron chi connectivity index (χ3n) is 6.66. The van der Waals surface area contributed by atoms with Crippen LogP contribution in [0, 0.1) is 0 Å². The first-order chi connectivity index (χ1) is 18.1. The van der Waals surface area contributed by atoms with Crippen molar-refractivity contribution in [3.63, 3.8) is 0 Å². The summed E-state index contributed by atoms with van der Waals surface area (Å²) in [5.41, 5.74) is -0.0311. The van der Waals surface area contributed by atoms with E-state index in [1.165, 1.54) is 83.5 Å². The van der Waals surface area contributed by atoms with E-state index in [1.807, 2.05) is 26.0 Å². The maximum atomic E-state index is 12.8. The molecule has 0 unspecified atom stereocenters. The summed E-state index contributed by atoms with van der Waals surface area (Å²) in [6, 6.07) is 5.61. The molecule has 0 spiro atoms. The van der Waals surface area contributed by atoms with E-state index in [-0.39, 0.29) is 11.9 Å². The lowest BCUT2D eigenvalue weighted by atomic mass is 10.1. The second-order valence-electron chi connectivity index (χ2n) is 10.5. The van der Waals surface area contributed by atoms with Gasteiger partial charge >= 0.3 is 5.63 Å². The van der Waals surface area contributed by atoms with Gasteiger partial charge in [-0.1, -0.05) is 104 Å². The molecule has 0 saturated carbocycles. The molecule has 0 aliphatic heterocycles. The standard InChI is InChI=1S/C32H52O5/c1-5-7-9-11-13-15-17-19-23-34-27-21-22-28-29(25-27)37-32(33)31(30(28)36-26(3)4)35-24-20-18-16-14-12-10-8-6-2/h21-22,25-26H,5-20,23-24H2,1-4H3. The Balaban J connectivity index is 1.89. The predicted molar refractivity (Wildman–Crippen MR) is 154 cm³/mol. The summed E-state index contributed by atoms with van der Waals surface area (Å²) < 4.78 is 23.6. The van der Waals surface area contributed by atoms with Gasteiger partial charge in [-0.25, -0.2) is 4.79 Å². The molecule has 5 heteroatoms. The minimum Gasteiger partial charge on any atom is -0.493 e. The first-order valence-corrected chi connectivity index (χ1v) is 15.1. The summed E-state index contributed by atoms with van der Waals surface area (Å²) in [6.07, 6.45) is 19.7. The van der Waals surface area contributed by atoms with Gasteiger partial charge in [-0.2, -0.15) is 0 Å². The maximum Gasteiger partial charge on any atom is 0.383 e. The lowest BCUT2D eigenvalue weighted by Crippen LogP contribution is -2.14. The minimum atomic E-state index is -0.497. The Morgan fingerprint density at radius 1 is 0.676 bits per heavy atom. The Kier molecular flexibility index (Phi) is 15.9. The molecule has 37 heavy (non-hydrogen) atoms. The molecule has 2 rings (SSSR count). The topological polar surface area (TPSA) is 57.9 Å². The van der Waals surface area contributed by atoms with Crippen molar-refractivity contribution < 1.29 is 18.6 Å². The monoisotopic (exact) mass is 516 g/mol. The SMILES string of the molecule is CCCCCCCCCCOc1ccc2c(OC(C)C)c(OCCCCCCCCCC)c(=O)oc2c1. The first-order valence-electron chi connectivity index (χ1n) is 15.1. The Hall–Kier alpha value is -2.17. The molecule has 210 valence electrons. The van der Waals surface area contributed by atoms with E-state index >= 15 is 0 Å². The van der Waals surface area contributed by atoms with Crippen LogP contribution >= 0.6 is 0 Å². The number of rotatable bonds is 22. The van der Waals surface area contributed by atoms with Crippen molar-refractivity contribution in [2.24, 2.45) is 0 Å². The molecule has 1 aromatic carbocycles. The van der Waals surface area contributed by atoms with Crippen molar-refractivity contribution in [2.75, 3.05) is 13.2 Å². The zero-order chi connectivity index (χ0) is 26.7. The minimum absolute atomic E-state index is 0.0895. The average molecular weight is 517 g/mol. The highest BCUT2D eigenvalue weighted by Crippen LogP contribution is 2.35. The van der Waals surface area contributed by atoms with Crippen LogP contribution in [0.2, 0.25) is 0 Å². The molecule has 2 aromatic rings. The molecule has 1 heterocycles. The van der Waals surface area contributed by atoms with Crippen molar-refractivity contribution in [3.8, 4) is 17.2 Å². The van der Waals surface area contributed by atoms with Gasteiger partial charge in [0.15, 0.2) is 5.75 Å². The van der Waals surface area contributed by atoms with E-state index in [4.69, 9.17) is 18.6 Å². The van der Waals surface area contributed by atoms with Crippen LogP contribution < -0.4 is 19.8 Å². The van der Waals surface area contributed by atoms with Crippen LogP contribution in [0.4, 0.5) is 0 Å². The van der Waals surface area contributed by atoms with Crippen molar-refractivity contribution in [1.29, 1.82) is 0 Å². The van der Waals surface area contributed by atoms with E-state index < -0.39 is 5.63 Å².